The lowest BCUT2D eigenvalue weighted by Gasteiger charge is -2.38. The maximum atomic E-state index is 12.7. The average Bonchev–Trinajstić information content (AvgIpc) is 3.05. The van der Waals surface area contributed by atoms with Gasteiger partial charge in [-0.3, -0.25) is 19.0 Å². The number of amides is 2. The van der Waals surface area contributed by atoms with Crippen molar-refractivity contribution in [2.24, 2.45) is 5.16 Å². The van der Waals surface area contributed by atoms with Crippen molar-refractivity contribution in [3.8, 4) is 0 Å². The molecule has 1 fully saturated rings. The van der Waals surface area contributed by atoms with Crippen molar-refractivity contribution in [2.45, 2.75) is 37.8 Å². The second kappa shape index (κ2) is 7.80. The van der Waals surface area contributed by atoms with Crippen LogP contribution in [0.3, 0.4) is 0 Å². The van der Waals surface area contributed by atoms with E-state index in [9.17, 15) is 14.0 Å². The van der Waals surface area contributed by atoms with E-state index in [-0.39, 0.29) is 18.2 Å². The number of aromatic nitrogens is 1. The van der Waals surface area contributed by atoms with Crippen molar-refractivity contribution in [1.29, 1.82) is 0 Å². The highest BCUT2D eigenvalue weighted by Crippen LogP contribution is 2.34. The number of hydrogen-bond acceptors (Lipinski definition) is 5. The summed E-state index contributed by atoms with van der Waals surface area (Å²) in [4.78, 5) is 37.6. The SMILES string of the molecule is CN(Cc1ccccn1)C(=O)C1=NOC2(CCCN(C(=O)CCF)C2)C1. The van der Waals surface area contributed by atoms with Crippen LogP contribution in [0.25, 0.3) is 0 Å². The Bertz CT molecular complexity index is 697. The highest BCUT2D eigenvalue weighted by molar-refractivity contribution is 6.39. The van der Waals surface area contributed by atoms with Gasteiger partial charge in [-0.2, -0.15) is 0 Å². The van der Waals surface area contributed by atoms with Gasteiger partial charge in [-0.25, -0.2) is 0 Å². The maximum absolute atomic E-state index is 12.7. The molecule has 2 amide bonds. The summed E-state index contributed by atoms with van der Waals surface area (Å²) in [6, 6.07) is 5.55. The van der Waals surface area contributed by atoms with Crippen LogP contribution in [-0.2, 0) is 21.0 Å². The third-order valence-electron chi connectivity index (χ3n) is 4.76. The van der Waals surface area contributed by atoms with Gasteiger partial charge in [-0.15, -0.1) is 0 Å². The summed E-state index contributed by atoms with van der Waals surface area (Å²) in [6.07, 6.45) is 3.40. The number of alkyl halides is 1. The number of piperidine rings is 1. The van der Waals surface area contributed by atoms with E-state index >= 15 is 0 Å². The van der Waals surface area contributed by atoms with Crippen molar-refractivity contribution in [2.75, 3.05) is 26.8 Å². The van der Waals surface area contributed by atoms with E-state index in [1.165, 1.54) is 0 Å². The summed E-state index contributed by atoms with van der Waals surface area (Å²) >= 11 is 0. The molecular formula is C18H23FN4O3. The minimum Gasteiger partial charge on any atom is -0.386 e. The molecule has 1 spiro atoms. The van der Waals surface area contributed by atoms with E-state index in [0.29, 0.717) is 31.8 Å². The molecule has 1 saturated heterocycles. The molecule has 0 aromatic carbocycles. The molecule has 8 heteroatoms. The summed E-state index contributed by atoms with van der Waals surface area (Å²) in [5, 5.41) is 4.01. The number of oxime groups is 1. The fourth-order valence-electron chi connectivity index (χ4n) is 3.43. The largest absolute Gasteiger partial charge is 0.386 e. The first kappa shape index (κ1) is 18.3. The van der Waals surface area contributed by atoms with Crippen LogP contribution in [-0.4, -0.2) is 64.7 Å². The lowest BCUT2D eigenvalue weighted by molar-refractivity contribution is -0.140. The molecule has 0 aliphatic carbocycles. The normalized spacial score (nSPS) is 22.1. The van der Waals surface area contributed by atoms with Crippen LogP contribution >= 0.6 is 0 Å². The zero-order valence-corrected chi connectivity index (χ0v) is 14.9. The van der Waals surface area contributed by atoms with Crippen LogP contribution in [0.5, 0.6) is 0 Å². The zero-order chi connectivity index (χ0) is 18.6. The van der Waals surface area contributed by atoms with Crippen LogP contribution in [0.2, 0.25) is 0 Å². The summed E-state index contributed by atoms with van der Waals surface area (Å²) in [6.45, 7) is 0.650. The zero-order valence-electron chi connectivity index (χ0n) is 14.9. The lowest BCUT2D eigenvalue weighted by Crippen LogP contribution is -2.51. The summed E-state index contributed by atoms with van der Waals surface area (Å²) in [7, 11) is 1.70. The number of halogens is 1. The van der Waals surface area contributed by atoms with Crippen LogP contribution < -0.4 is 0 Å². The average molecular weight is 362 g/mol. The molecule has 1 atom stereocenters. The highest BCUT2D eigenvalue weighted by Gasteiger charge is 2.45. The second-order valence-electron chi connectivity index (χ2n) is 6.83. The van der Waals surface area contributed by atoms with E-state index in [0.717, 1.165) is 18.5 Å². The Labute approximate surface area is 151 Å². The number of nitrogens with zero attached hydrogens (tertiary/aromatic N) is 4. The Hall–Kier alpha value is -2.51. The van der Waals surface area contributed by atoms with E-state index in [1.54, 1.807) is 23.0 Å². The van der Waals surface area contributed by atoms with Gasteiger partial charge < -0.3 is 14.6 Å². The molecule has 140 valence electrons. The molecule has 0 saturated carbocycles. The number of hydrogen-bond donors (Lipinski definition) is 0. The number of pyridine rings is 1. The van der Waals surface area contributed by atoms with Crippen molar-refractivity contribution >= 4 is 17.5 Å². The van der Waals surface area contributed by atoms with Gasteiger partial charge in [0.05, 0.1) is 31.9 Å². The summed E-state index contributed by atoms with van der Waals surface area (Å²) in [5.41, 5.74) is 0.475. The van der Waals surface area contributed by atoms with Crippen LogP contribution in [0.15, 0.2) is 29.6 Å². The quantitative estimate of drug-likeness (QED) is 0.796. The first-order valence-electron chi connectivity index (χ1n) is 8.77. The Kier molecular flexibility index (Phi) is 5.49. The van der Waals surface area contributed by atoms with Gasteiger partial charge in [0.1, 0.15) is 5.71 Å². The second-order valence-corrected chi connectivity index (χ2v) is 6.83. The van der Waals surface area contributed by atoms with Gasteiger partial charge in [0.25, 0.3) is 5.91 Å². The van der Waals surface area contributed by atoms with Crippen LogP contribution in [0.4, 0.5) is 4.39 Å². The molecule has 1 aromatic heterocycles. The molecule has 0 bridgehead atoms. The summed E-state index contributed by atoms with van der Waals surface area (Å²) in [5.74, 6) is -0.429. The van der Waals surface area contributed by atoms with Crippen molar-refractivity contribution in [3.63, 3.8) is 0 Å². The lowest BCUT2D eigenvalue weighted by atomic mass is 9.87. The van der Waals surface area contributed by atoms with Gasteiger partial charge in [0, 0.05) is 26.2 Å². The van der Waals surface area contributed by atoms with E-state index in [4.69, 9.17) is 4.84 Å². The van der Waals surface area contributed by atoms with Gasteiger partial charge >= 0.3 is 0 Å². The van der Waals surface area contributed by atoms with Crippen molar-refractivity contribution in [1.82, 2.24) is 14.8 Å². The van der Waals surface area contributed by atoms with Gasteiger partial charge in [-0.05, 0) is 25.0 Å². The summed E-state index contributed by atoms with van der Waals surface area (Å²) < 4.78 is 12.4. The Morgan fingerprint density at radius 3 is 3.00 bits per heavy atom. The smallest absolute Gasteiger partial charge is 0.271 e. The van der Waals surface area contributed by atoms with Gasteiger partial charge in [0.2, 0.25) is 5.91 Å². The molecule has 0 N–H and O–H groups in total. The monoisotopic (exact) mass is 362 g/mol. The number of likely N-dealkylation sites (tertiary alicyclic amines) is 1. The fourth-order valence-corrected chi connectivity index (χ4v) is 3.43. The van der Waals surface area contributed by atoms with Crippen LogP contribution in [0.1, 0.15) is 31.4 Å². The van der Waals surface area contributed by atoms with E-state index in [1.807, 2.05) is 18.2 Å². The molecule has 0 radical (unpaired) electrons. The topological polar surface area (TPSA) is 75.1 Å². The Morgan fingerprint density at radius 1 is 1.42 bits per heavy atom. The Balaban J connectivity index is 1.60. The maximum Gasteiger partial charge on any atom is 0.271 e. The van der Waals surface area contributed by atoms with Crippen molar-refractivity contribution < 1.29 is 18.8 Å². The standard InChI is InChI=1S/C18H23FN4O3/c1-22(12-14-5-2-3-9-20-14)17(25)15-11-18(26-21-15)7-4-10-23(13-18)16(24)6-8-19/h2-3,5,9H,4,6-8,10-13H2,1H3. The molecule has 3 heterocycles. The highest BCUT2D eigenvalue weighted by atomic mass is 19.1. The Morgan fingerprint density at radius 2 is 2.27 bits per heavy atom. The minimum atomic E-state index is -0.666. The predicted molar refractivity (Wildman–Crippen MR) is 93.0 cm³/mol. The molecule has 1 aromatic rings. The minimum absolute atomic E-state index is 0.116. The molecular weight excluding hydrogens is 339 g/mol. The van der Waals surface area contributed by atoms with Crippen LogP contribution in [0, 0.1) is 0 Å². The number of carbonyl (C=O) groups is 2. The number of carbonyl (C=O) groups excluding carboxylic acids is 2. The van der Waals surface area contributed by atoms with Gasteiger partial charge in [-0.1, -0.05) is 11.2 Å². The molecule has 2 aliphatic rings. The predicted octanol–water partition coefficient (Wildman–Crippen LogP) is 1.54. The molecule has 3 rings (SSSR count). The molecule has 2 aliphatic heterocycles. The first-order chi connectivity index (χ1) is 12.5. The van der Waals surface area contributed by atoms with Crippen molar-refractivity contribution in [3.05, 3.63) is 30.1 Å². The fraction of sp³-hybridized carbons (Fsp3) is 0.556. The van der Waals surface area contributed by atoms with E-state index < -0.39 is 12.3 Å². The molecule has 7 nitrogen and oxygen atoms in total. The third kappa shape index (κ3) is 4.00. The third-order valence-corrected chi connectivity index (χ3v) is 4.76. The first-order valence-corrected chi connectivity index (χ1v) is 8.77. The van der Waals surface area contributed by atoms with Gasteiger partial charge in [0.15, 0.2) is 5.60 Å². The molecule has 1 unspecified atom stereocenters. The molecule has 26 heavy (non-hydrogen) atoms. The van der Waals surface area contributed by atoms with E-state index in [2.05, 4.69) is 10.1 Å². The number of rotatable bonds is 5.